The van der Waals surface area contributed by atoms with E-state index >= 15 is 0 Å². The SMILES string of the molecule is O=C1CCCN(C2CCNCC2)N1. The molecule has 0 aromatic rings. The van der Waals surface area contributed by atoms with Gasteiger partial charge in [-0.15, -0.1) is 0 Å². The molecule has 0 atom stereocenters. The number of rotatable bonds is 1. The number of carbonyl (C=O) groups is 1. The van der Waals surface area contributed by atoms with E-state index in [0.717, 1.165) is 38.9 Å². The van der Waals surface area contributed by atoms with Gasteiger partial charge in [-0.3, -0.25) is 10.2 Å². The molecule has 0 aliphatic carbocycles. The fourth-order valence-corrected chi connectivity index (χ4v) is 2.07. The predicted octanol–water partition coefficient (Wildman–Crippen LogP) is -0.135. The Hall–Kier alpha value is -0.610. The number of nitrogens with zero attached hydrogens (tertiary/aromatic N) is 1. The molecule has 0 saturated carbocycles. The molecule has 13 heavy (non-hydrogen) atoms. The Morgan fingerprint density at radius 2 is 2.08 bits per heavy atom. The van der Waals surface area contributed by atoms with Crippen molar-refractivity contribution >= 4 is 5.91 Å². The van der Waals surface area contributed by atoms with Crippen LogP contribution in [0.25, 0.3) is 0 Å². The van der Waals surface area contributed by atoms with Crippen molar-refractivity contribution in [3.8, 4) is 0 Å². The summed E-state index contributed by atoms with van der Waals surface area (Å²) < 4.78 is 0. The molecule has 4 heteroatoms. The van der Waals surface area contributed by atoms with Gasteiger partial charge in [0.2, 0.25) is 5.91 Å². The summed E-state index contributed by atoms with van der Waals surface area (Å²) in [4.78, 5) is 11.1. The monoisotopic (exact) mass is 183 g/mol. The number of piperidine rings is 1. The second-order valence-corrected chi connectivity index (χ2v) is 3.81. The van der Waals surface area contributed by atoms with Gasteiger partial charge in [0.15, 0.2) is 0 Å². The standard InChI is InChI=1S/C9H17N3O/c13-9-2-1-7-12(11-9)8-3-5-10-6-4-8/h8,10H,1-7H2,(H,11,13). The van der Waals surface area contributed by atoms with Crippen LogP contribution in [0.15, 0.2) is 0 Å². The van der Waals surface area contributed by atoms with Gasteiger partial charge in [-0.25, -0.2) is 5.01 Å². The molecule has 0 unspecified atom stereocenters. The average Bonchev–Trinajstić information content (AvgIpc) is 2.19. The summed E-state index contributed by atoms with van der Waals surface area (Å²) >= 11 is 0. The molecule has 2 heterocycles. The molecule has 0 aromatic carbocycles. The van der Waals surface area contributed by atoms with E-state index in [9.17, 15) is 4.79 Å². The lowest BCUT2D eigenvalue weighted by molar-refractivity contribution is -0.130. The molecule has 0 spiro atoms. The summed E-state index contributed by atoms with van der Waals surface area (Å²) in [6.07, 6.45) is 4.01. The fourth-order valence-electron chi connectivity index (χ4n) is 2.07. The zero-order valence-electron chi connectivity index (χ0n) is 7.88. The van der Waals surface area contributed by atoms with Gasteiger partial charge in [-0.2, -0.15) is 0 Å². The van der Waals surface area contributed by atoms with Crippen molar-refractivity contribution < 1.29 is 4.79 Å². The molecule has 0 aromatic heterocycles. The lowest BCUT2D eigenvalue weighted by atomic mass is 10.1. The first-order chi connectivity index (χ1) is 6.36. The van der Waals surface area contributed by atoms with Crippen molar-refractivity contribution in [1.82, 2.24) is 15.8 Å². The van der Waals surface area contributed by atoms with E-state index in [1.54, 1.807) is 0 Å². The van der Waals surface area contributed by atoms with Crippen molar-refractivity contribution in [2.75, 3.05) is 19.6 Å². The van der Waals surface area contributed by atoms with Crippen LogP contribution >= 0.6 is 0 Å². The number of amides is 1. The molecule has 2 aliphatic heterocycles. The minimum atomic E-state index is 0.185. The maximum Gasteiger partial charge on any atom is 0.234 e. The Balaban J connectivity index is 1.87. The smallest absolute Gasteiger partial charge is 0.234 e. The van der Waals surface area contributed by atoms with Crippen molar-refractivity contribution in [2.45, 2.75) is 31.7 Å². The van der Waals surface area contributed by atoms with Gasteiger partial charge >= 0.3 is 0 Å². The zero-order valence-corrected chi connectivity index (χ0v) is 7.88. The molecule has 2 N–H and O–H groups in total. The highest BCUT2D eigenvalue weighted by Gasteiger charge is 2.24. The molecule has 1 amide bonds. The van der Waals surface area contributed by atoms with Crippen molar-refractivity contribution in [3.63, 3.8) is 0 Å². The molecular formula is C9H17N3O. The number of hydrogen-bond donors (Lipinski definition) is 2. The molecule has 74 valence electrons. The van der Waals surface area contributed by atoms with E-state index < -0.39 is 0 Å². The summed E-state index contributed by atoms with van der Waals surface area (Å²) in [5.41, 5.74) is 2.95. The Morgan fingerprint density at radius 1 is 1.31 bits per heavy atom. The van der Waals surface area contributed by atoms with Crippen LogP contribution in [0.2, 0.25) is 0 Å². The normalized spacial score (nSPS) is 27.2. The minimum Gasteiger partial charge on any atom is -0.317 e. The number of hydrazine groups is 1. The molecular weight excluding hydrogens is 166 g/mol. The molecule has 4 nitrogen and oxygen atoms in total. The van der Waals surface area contributed by atoms with E-state index in [0.29, 0.717) is 12.5 Å². The summed E-state index contributed by atoms with van der Waals surface area (Å²) in [6.45, 7) is 3.19. The topological polar surface area (TPSA) is 44.4 Å². The van der Waals surface area contributed by atoms with Gasteiger partial charge in [-0.05, 0) is 32.4 Å². The van der Waals surface area contributed by atoms with Gasteiger partial charge in [0.25, 0.3) is 0 Å². The maximum absolute atomic E-state index is 11.1. The fraction of sp³-hybridized carbons (Fsp3) is 0.889. The second-order valence-electron chi connectivity index (χ2n) is 3.81. The third kappa shape index (κ3) is 2.19. The van der Waals surface area contributed by atoms with Crippen LogP contribution in [-0.2, 0) is 4.79 Å². The number of nitrogens with one attached hydrogen (secondary N) is 2. The van der Waals surface area contributed by atoms with Gasteiger partial charge in [0.05, 0.1) is 0 Å². The molecule has 0 radical (unpaired) electrons. The van der Waals surface area contributed by atoms with Crippen LogP contribution in [0.5, 0.6) is 0 Å². The van der Waals surface area contributed by atoms with E-state index in [1.807, 2.05) is 0 Å². The molecule has 0 bridgehead atoms. The predicted molar refractivity (Wildman–Crippen MR) is 50.0 cm³/mol. The molecule has 2 saturated heterocycles. The second kappa shape index (κ2) is 4.07. The van der Waals surface area contributed by atoms with E-state index in [1.165, 1.54) is 0 Å². The van der Waals surface area contributed by atoms with Crippen molar-refractivity contribution in [3.05, 3.63) is 0 Å². The third-order valence-corrected chi connectivity index (χ3v) is 2.82. The molecule has 2 rings (SSSR count). The highest BCUT2D eigenvalue weighted by molar-refractivity contribution is 5.75. The van der Waals surface area contributed by atoms with Crippen LogP contribution < -0.4 is 10.7 Å². The van der Waals surface area contributed by atoms with Gasteiger partial charge in [0.1, 0.15) is 0 Å². The number of hydrogen-bond acceptors (Lipinski definition) is 3. The van der Waals surface area contributed by atoms with E-state index in [-0.39, 0.29) is 5.91 Å². The Labute approximate surface area is 78.6 Å². The van der Waals surface area contributed by atoms with Crippen molar-refractivity contribution in [1.29, 1.82) is 0 Å². The van der Waals surface area contributed by atoms with Gasteiger partial charge in [-0.1, -0.05) is 0 Å². The summed E-state index contributed by atoms with van der Waals surface area (Å²) in [7, 11) is 0. The summed E-state index contributed by atoms with van der Waals surface area (Å²) in [6, 6.07) is 0.561. The van der Waals surface area contributed by atoms with Crippen LogP contribution in [0.4, 0.5) is 0 Å². The maximum atomic E-state index is 11.1. The largest absolute Gasteiger partial charge is 0.317 e. The first-order valence-corrected chi connectivity index (χ1v) is 5.13. The van der Waals surface area contributed by atoms with Gasteiger partial charge < -0.3 is 5.32 Å². The van der Waals surface area contributed by atoms with E-state index in [2.05, 4.69) is 15.8 Å². The highest BCUT2D eigenvalue weighted by Crippen LogP contribution is 2.13. The first kappa shape index (κ1) is 8.97. The van der Waals surface area contributed by atoms with E-state index in [4.69, 9.17) is 0 Å². The van der Waals surface area contributed by atoms with Crippen LogP contribution in [0.3, 0.4) is 0 Å². The Bertz CT molecular complexity index is 189. The van der Waals surface area contributed by atoms with Crippen LogP contribution in [0, 0.1) is 0 Å². The van der Waals surface area contributed by atoms with Crippen LogP contribution in [0.1, 0.15) is 25.7 Å². The highest BCUT2D eigenvalue weighted by atomic mass is 16.2. The molecule has 2 fully saturated rings. The number of carbonyl (C=O) groups excluding carboxylic acids is 1. The average molecular weight is 183 g/mol. The first-order valence-electron chi connectivity index (χ1n) is 5.13. The van der Waals surface area contributed by atoms with Gasteiger partial charge in [0, 0.05) is 19.0 Å². The van der Waals surface area contributed by atoms with Crippen molar-refractivity contribution in [2.24, 2.45) is 0 Å². The lowest BCUT2D eigenvalue weighted by Gasteiger charge is -2.36. The third-order valence-electron chi connectivity index (χ3n) is 2.82. The zero-order chi connectivity index (χ0) is 9.10. The minimum absolute atomic E-state index is 0.185. The Morgan fingerprint density at radius 3 is 2.77 bits per heavy atom. The summed E-state index contributed by atoms with van der Waals surface area (Å²) in [5, 5.41) is 5.46. The Kier molecular flexibility index (Phi) is 2.80. The quantitative estimate of drug-likeness (QED) is 0.595. The molecule has 2 aliphatic rings. The lowest BCUT2D eigenvalue weighted by Crippen LogP contribution is -2.54. The summed E-state index contributed by atoms with van der Waals surface area (Å²) in [5.74, 6) is 0.185. The van der Waals surface area contributed by atoms with Crippen LogP contribution in [-0.4, -0.2) is 36.6 Å².